The highest BCUT2D eigenvalue weighted by molar-refractivity contribution is 6.05. The Labute approximate surface area is 100 Å². The quantitative estimate of drug-likeness (QED) is 0.641. The molecule has 1 heterocycles. The summed E-state index contributed by atoms with van der Waals surface area (Å²) in [4.78, 5) is 4.68. The summed E-state index contributed by atoms with van der Waals surface area (Å²) < 4.78 is 0. The molecule has 0 saturated carbocycles. The van der Waals surface area contributed by atoms with Crippen molar-refractivity contribution in [3.8, 4) is 0 Å². The first kappa shape index (κ1) is 10.2. The highest BCUT2D eigenvalue weighted by Gasteiger charge is 2.05. The molecule has 0 fully saturated rings. The van der Waals surface area contributed by atoms with Gasteiger partial charge in [0.15, 0.2) is 0 Å². The van der Waals surface area contributed by atoms with Crippen molar-refractivity contribution in [2.75, 3.05) is 0 Å². The zero-order chi connectivity index (χ0) is 11.8. The number of fused-ring (bicyclic) bond motifs is 3. The van der Waals surface area contributed by atoms with Crippen molar-refractivity contribution in [2.45, 2.75) is 13.0 Å². The van der Waals surface area contributed by atoms with E-state index in [1.807, 2.05) is 25.1 Å². The molecule has 2 heteroatoms. The second-order valence-electron chi connectivity index (χ2n) is 4.38. The molecule has 0 saturated heterocycles. The molecule has 2 nitrogen and oxygen atoms in total. The standard InChI is InChI=1S/C15H14N2/c1-10(16)14-9-8-12-7-6-11-4-2-3-5-13(11)15(12)17-14/h2-10H,16H2,1H3/t10-/m1/s1. The summed E-state index contributed by atoms with van der Waals surface area (Å²) in [7, 11) is 0. The van der Waals surface area contributed by atoms with Crippen molar-refractivity contribution < 1.29 is 0 Å². The lowest BCUT2D eigenvalue weighted by Crippen LogP contribution is -2.07. The van der Waals surface area contributed by atoms with E-state index in [0.29, 0.717) is 0 Å². The summed E-state index contributed by atoms with van der Waals surface area (Å²) in [5.74, 6) is 0. The lowest BCUT2D eigenvalue weighted by molar-refractivity contribution is 0.787. The molecule has 3 rings (SSSR count). The fraction of sp³-hybridized carbons (Fsp3) is 0.133. The summed E-state index contributed by atoms with van der Waals surface area (Å²) in [6, 6.07) is 16.6. The van der Waals surface area contributed by atoms with Crippen LogP contribution in [0.25, 0.3) is 21.7 Å². The number of hydrogen-bond donors (Lipinski definition) is 1. The number of pyridine rings is 1. The number of rotatable bonds is 1. The van der Waals surface area contributed by atoms with Crippen LogP contribution in [0.3, 0.4) is 0 Å². The van der Waals surface area contributed by atoms with Crippen molar-refractivity contribution in [3.63, 3.8) is 0 Å². The van der Waals surface area contributed by atoms with Gasteiger partial charge in [0.25, 0.3) is 0 Å². The average molecular weight is 222 g/mol. The van der Waals surface area contributed by atoms with Gasteiger partial charge in [0.1, 0.15) is 0 Å². The summed E-state index contributed by atoms with van der Waals surface area (Å²) in [6.45, 7) is 1.96. The normalized spacial score (nSPS) is 13.1. The number of nitrogens with zero attached hydrogens (tertiary/aromatic N) is 1. The van der Waals surface area contributed by atoms with Gasteiger partial charge in [0.05, 0.1) is 11.2 Å². The molecule has 0 unspecified atom stereocenters. The molecule has 2 N–H and O–H groups in total. The van der Waals surface area contributed by atoms with Gasteiger partial charge in [-0.15, -0.1) is 0 Å². The first-order chi connectivity index (χ1) is 8.25. The first-order valence-corrected chi connectivity index (χ1v) is 5.80. The largest absolute Gasteiger partial charge is 0.323 e. The van der Waals surface area contributed by atoms with Gasteiger partial charge in [-0.2, -0.15) is 0 Å². The molecule has 0 bridgehead atoms. The molecule has 17 heavy (non-hydrogen) atoms. The van der Waals surface area contributed by atoms with Crippen LogP contribution in [-0.2, 0) is 0 Å². The predicted molar refractivity (Wildman–Crippen MR) is 71.9 cm³/mol. The Bertz CT molecular complexity index is 687. The summed E-state index contributed by atoms with van der Waals surface area (Å²) >= 11 is 0. The molecule has 0 radical (unpaired) electrons. The van der Waals surface area contributed by atoms with Crippen LogP contribution < -0.4 is 5.73 Å². The van der Waals surface area contributed by atoms with Crippen LogP contribution >= 0.6 is 0 Å². The van der Waals surface area contributed by atoms with E-state index in [1.165, 1.54) is 10.8 Å². The molecule has 84 valence electrons. The van der Waals surface area contributed by atoms with Gasteiger partial charge in [-0.3, -0.25) is 4.98 Å². The number of nitrogens with two attached hydrogens (primary N) is 1. The topological polar surface area (TPSA) is 38.9 Å². The average Bonchev–Trinajstić information content (AvgIpc) is 2.38. The van der Waals surface area contributed by atoms with E-state index in [4.69, 9.17) is 5.73 Å². The maximum atomic E-state index is 5.89. The van der Waals surface area contributed by atoms with Gasteiger partial charge in [-0.1, -0.05) is 42.5 Å². The molecule has 2 aromatic carbocycles. The lowest BCUT2D eigenvalue weighted by atomic mass is 10.1. The Morgan fingerprint density at radius 3 is 2.47 bits per heavy atom. The van der Waals surface area contributed by atoms with Gasteiger partial charge in [-0.25, -0.2) is 0 Å². The van der Waals surface area contributed by atoms with Crippen molar-refractivity contribution in [2.24, 2.45) is 5.73 Å². The van der Waals surface area contributed by atoms with Gasteiger partial charge in [0.2, 0.25) is 0 Å². The summed E-state index contributed by atoms with van der Waals surface area (Å²) in [5.41, 5.74) is 7.86. The Morgan fingerprint density at radius 2 is 1.65 bits per heavy atom. The second kappa shape index (κ2) is 3.82. The molecule has 1 atom stereocenters. The van der Waals surface area contributed by atoms with Gasteiger partial charge in [-0.05, 0) is 18.4 Å². The van der Waals surface area contributed by atoms with Crippen LogP contribution in [0, 0.1) is 0 Å². The smallest absolute Gasteiger partial charge is 0.0784 e. The van der Waals surface area contributed by atoms with E-state index in [-0.39, 0.29) is 6.04 Å². The lowest BCUT2D eigenvalue weighted by Gasteiger charge is -2.08. The highest BCUT2D eigenvalue weighted by Crippen LogP contribution is 2.24. The molecule has 0 amide bonds. The van der Waals surface area contributed by atoms with Crippen molar-refractivity contribution in [1.82, 2.24) is 4.98 Å². The van der Waals surface area contributed by atoms with Crippen LogP contribution in [0.5, 0.6) is 0 Å². The van der Waals surface area contributed by atoms with E-state index >= 15 is 0 Å². The molecule has 0 aliphatic heterocycles. The van der Waals surface area contributed by atoms with E-state index in [9.17, 15) is 0 Å². The summed E-state index contributed by atoms with van der Waals surface area (Å²) in [6.07, 6.45) is 0. The van der Waals surface area contributed by atoms with Gasteiger partial charge < -0.3 is 5.73 Å². The molecule has 3 aromatic rings. The van der Waals surface area contributed by atoms with Crippen LogP contribution in [0.2, 0.25) is 0 Å². The van der Waals surface area contributed by atoms with Gasteiger partial charge >= 0.3 is 0 Å². The zero-order valence-corrected chi connectivity index (χ0v) is 9.72. The molecule has 0 aliphatic rings. The summed E-state index contributed by atoms with van der Waals surface area (Å²) in [5, 5.41) is 3.56. The Balaban J connectivity index is 2.42. The van der Waals surface area contributed by atoms with Crippen molar-refractivity contribution in [1.29, 1.82) is 0 Å². The van der Waals surface area contributed by atoms with Crippen molar-refractivity contribution >= 4 is 21.7 Å². The third kappa shape index (κ3) is 1.67. The minimum atomic E-state index is -0.0293. The van der Waals surface area contributed by atoms with E-state index < -0.39 is 0 Å². The third-order valence-corrected chi connectivity index (χ3v) is 3.07. The molecular formula is C15H14N2. The maximum Gasteiger partial charge on any atom is 0.0784 e. The molecule has 0 spiro atoms. The van der Waals surface area contributed by atoms with E-state index in [2.05, 4.69) is 35.3 Å². The molecule has 1 aromatic heterocycles. The zero-order valence-electron chi connectivity index (χ0n) is 9.72. The third-order valence-electron chi connectivity index (χ3n) is 3.07. The molecular weight excluding hydrogens is 208 g/mol. The number of aromatic nitrogens is 1. The van der Waals surface area contributed by atoms with Crippen LogP contribution in [0.15, 0.2) is 48.5 Å². The Hall–Kier alpha value is -1.93. The Morgan fingerprint density at radius 1 is 0.941 bits per heavy atom. The maximum absolute atomic E-state index is 5.89. The van der Waals surface area contributed by atoms with E-state index in [0.717, 1.165) is 16.6 Å². The fourth-order valence-electron chi connectivity index (χ4n) is 2.13. The minimum absolute atomic E-state index is 0.0293. The second-order valence-corrected chi connectivity index (χ2v) is 4.38. The number of hydrogen-bond acceptors (Lipinski definition) is 2. The SMILES string of the molecule is C[C@@H](N)c1ccc2ccc3ccccc3c2n1. The number of benzene rings is 2. The van der Waals surface area contributed by atoms with Gasteiger partial charge in [0, 0.05) is 16.8 Å². The molecule has 0 aliphatic carbocycles. The first-order valence-electron chi connectivity index (χ1n) is 5.80. The van der Waals surface area contributed by atoms with Crippen LogP contribution in [-0.4, -0.2) is 4.98 Å². The highest BCUT2D eigenvalue weighted by atomic mass is 14.8. The van der Waals surface area contributed by atoms with E-state index in [1.54, 1.807) is 0 Å². The van der Waals surface area contributed by atoms with Crippen LogP contribution in [0.1, 0.15) is 18.7 Å². The Kier molecular flexibility index (Phi) is 2.30. The predicted octanol–water partition coefficient (Wildman–Crippen LogP) is 3.41. The van der Waals surface area contributed by atoms with Crippen LogP contribution in [0.4, 0.5) is 0 Å². The monoisotopic (exact) mass is 222 g/mol. The van der Waals surface area contributed by atoms with Crippen molar-refractivity contribution in [3.05, 3.63) is 54.2 Å². The fourth-order valence-corrected chi connectivity index (χ4v) is 2.13. The minimum Gasteiger partial charge on any atom is -0.323 e.